The van der Waals surface area contributed by atoms with Crippen LogP contribution in [0.15, 0.2) is 34.7 Å². The molecule has 0 saturated carbocycles. The van der Waals surface area contributed by atoms with Crippen LogP contribution in [0.5, 0.6) is 0 Å². The van der Waals surface area contributed by atoms with Crippen molar-refractivity contribution in [3.63, 3.8) is 0 Å². The third-order valence-corrected chi connectivity index (χ3v) is 4.32. The molecule has 0 radical (unpaired) electrons. The highest BCUT2D eigenvalue weighted by Crippen LogP contribution is 2.19. The molecule has 0 atom stereocenters. The molecule has 5 heteroatoms. The summed E-state index contributed by atoms with van der Waals surface area (Å²) in [7, 11) is 0. The zero-order chi connectivity index (χ0) is 12.6. The van der Waals surface area contributed by atoms with Gasteiger partial charge in [-0.2, -0.15) is 4.37 Å². The monoisotopic (exact) mass is 279 g/mol. The third-order valence-electron chi connectivity index (χ3n) is 2.44. The maximum atomic E-state index is 4.43. The molecule has 0 aliphatic heterocycles. The van der Waals surface area contributed by atoms with E-state index in [9.17, 15) is 0 Å². The van der Waals surface area contributed by atoms with E-state index in [-0.39, 0.29) is 0 Å². The van der Waals surface area contributed by atoms with Crippen molar-refractivity contribution in [2.24, 2.45) is 0 Å². The fourth-order valence-electron chi connectivity index (χ4n) is 1.48. The summed E-state index contributed by atoms with van der Waals surface area (Å²) in [5.74, 6) is 1.99. The lowest BCUT2D eigenvalue weighted by atomic mass is 10.2. The summed E-state index contributed by atoms with van der Waals surface area (Å²) < 4.78 is 5.35. The normalized spacial score (nSPS) is 10.7. The number of nitrogens with one attached hydrogen (secondary N) is 1. The molecule has 1 heterocycles. The molecule has 3 nitrogen and oxygen atoms in total. The first-order valence-electron chi connectivity index (χ1n) is 6.08. The van der Waals surface area contributed by atoms with E-state index in [0.717, 1.165) is 35.4 Å². The van der Waals surface area contributed by atoms with E-state index < -0.39 is 0 Å². The molecule has 0 aliphatic carbocycles. The van der Waals surface area contributed by atoms with E-state index in [0.29, 0.717) is 0 Å². The maximum absolute atomic E-state index is 4.43. The number of hydrogen-bond donors (Lipinski definition) is 1. The van der Waals surface area contributed by atoms with Crippen LogP contribution in [0.25, 0.3) is 0 Å². The first-order valence-corrected chi connectivity index (χ1v) is 7.84. The highest BCUT2D eigenvalue weighted by Gasteiger charge is 2.02. The van der Waals surface area contributed by atoms with Crippen LogP contribution < -0.4 is 5.32 Å². The Morgan fingerprint density at radius 1 is 1.28 bits per heavy atom. The second-order valence-corrected chi connectivity index (χ2v) is 5.93. The van der Waals surface area contributed by atoms with E-state index in [2.05, 4.69) is 45.9 Å². The number of benzene rings is 1. The van der Waals surface area contributed by atoms with Gasteiger partial charge in [-0.05, 0) is 17.1 Å². The summed E-state index contributed by atoms with van der Waals surface area (Å²) in [6.45, 7) is 4.00. The Kier molecular flexibility index (Phi) is 5.64. The second-order valence-electron chi connectivity index (χ2n) is 3.84. The molecule has 1 aromatic carbocycles. The van der Waals surface area contributed by atoms with Crippen LogP contribution >= 0.6 is 23.3 Å². The van der Waals surface area contributed by atoms with Gasteiger partial charge in [0.15, 0.2) is 4.34 Å². The van der Waals surface area contributed by atoms with Crippen molar-refractivity contribution in [2.75, 3.05) is 12.3 Å². The zero-order valence-electron chi connectivity index (χ0n) is 10.4. The van der Waals surface area contributed by atoms with E-state index in [1.807, 2.05) is 6.07 Å². The van der Waals surface area contributed by atoms with Gasteiger partial charge in [-0.25, -0.2) is 4.98 Å². The summed E-state index contributed by atoms with van der Waals surface area (Å²) in [4.78, 5) is 4.43. The van der Waals surface area contributed by atoms with Gasteiger partial charge in [0.1, 0.15) is 5.82 Å². The third kappa shape index (κ3) is 4.40. The molecule has 2 rings (SSSR count). The van der Waals surface area contributed by atoms with E-state index in [1.54, 1.807) is 11.8 Å². The maximum Gasteiger partial charge on any atom is 0.170 e. The molecular weight excluding hydrogens is 262 g/mol. The molecule has 0 amide bonds. The smallest absolute Gasteiger partial charge is 0.170 e. The van der Waals surface area contributed by atoms with Crippen molar-refractivity contribution in [1.82, 2.24) is 14.7 Å². The van der Waals surface area contributed by atoms with Gasteiger partial charge >= 0.3 is 0 Å². The van der Waals surface area contributed by atoms with Gasteiger partial charge in [-0.1, -0.05) is 49.0 Å². The van der Waals surface area contributed by atoms with Crippen molar-refractivity contribution in [1.29, 1.82) is 0 Å². The number of nitrogens with zero attached hydrogens (tertiary/aromatic N) is 2. The predicted octanol–water partition coefficient (Wildman–Crippen LogP) is 2.98. The fraction of sp³-hybridized carbons (Fsp3) is 0.385. The molecule has 0 spiro atoms. The van der Waals surface area contributed by atoms with Crippen LogP contribution in [-0.2, 0) is 13.0 Å². The Balaban J connectivity index is 1.61. The molecule has 18 heavy (non-hydrogen) atoms. The standard InChI is InChI=1S/C13H17N3S2/c1-2-12-15-13(18-16-12)17-9-8-14-10-11-6-4-3-5-7-11/h3-7,14H,2,8-10H2,1H3. The van der Waals surface area contributed by atoms with E-state index >= 15 is 0 Å². The molecule has 96 valence electrons. The molecule has 2 aromatic rings. The Morgan fingerprint density at radius 3 is 2.83 bits per heavy atom. The summed E-state index contributed by atoms with van der Waals surface area (Å²) in [6.07, 6.45) is 0.920. The highest BCUT2D eigenvalue weighted by molar-refractivity contribution is 8.00. The van der Waals surface area contributed by atoms with Crippen LogP contribution in [0.3, 0.4) is 0 Å². The number of rotatable bonds is 7. The average molecular weight is 279 g/mol. The van der Waals surface area contributed by atoms with Crippen LogP contribution in [0.4, 0.5) is 0 Å². The molecule has 0 fully saturated rings. The molecule has 0 aliphatic rings. The molecule has 1 aromatic heterocycles. The van der Waals surface area contributed by atoms with Gasteiger partial charge in [0.25, 0.3) is 0 Å². The Hall–Kier alpha value is -0.910. The highest BCUT2D eigenvalue weighted by atomic mass is 32.2. The predicted molar refractivity (Wildman–Crippen MR) is 78.2 cm³/mol. The van der Waals surface area contributed by atoms with E-state index in [4.69, 9.17) is 0 Å². The minimum atomic E-state index is 0.920. The summed E-state index contributed by atoms with van der Waals surface area (Å²) in [5, 5.41) is 3.43. The summed E-state index contributed by atoms with van der Waals surface area (Å²) >= 11 is 3.28. The van der Waals surface area contributed by atoms with Gasteiger partial charge in [0.2, 0.25) is 0 Å². The number of aromatic nitrogens is 2. The van der Waals surface area contributed by atoms with Crippen molar-refractivity contribution in [2.45, 2.75) is 24.2 Å². The van der Waals surface area contributed by atoms with Gasteiger partial charge in [-0.3, -0.25) is 0 Å². The van der Waals surface area contributed by atoms with E-state index in [1.165, 1.54) is 17.1 Å². The fourth-order valence-corrected chi connectivity index (χ4v) is 3.14. The first kappa shape index (κ1) is 13.5. The van der Waals surface area contributed by atoms with Gasteiger partial charge in [0, 0.05) is 25.3 Å². The molecule has 0 saturated heterocycles. The number of thioether (sulfide) groups is 1. The minimum absolute atomic E-state index is 0.920. The number of aryl methyl sites for hydroxylation is 1. The van der Waals surface area contributed by atoms with Gasteiger partial charge < -0.3 is 5.32 Å². The van der Waals surface area contributed by atoms with Crippen LogP contribution in [-0.4, -0.2) is 21.7 Å². The Bertz CT molecular complexity index is 456. The lowest BCUT2D eigenvalue weighted by molar-refractivity contribution is 0.732. The van der Waals surface area contributed by atoms with Crippen molar-refractivity contribution < 1.29 is 0 Å². The average Bonchev–Trinajstić information content (AvgIpc) is 2.87. The molecule has 0 bridgehead atoms. The lowest BCUT2D eigenvalue weighted by Gasteiger charge is -2.03. The molecular formula is C13H17N3S2. The summed E-state index contributed by atoms with van der Waals surface area (Å²) in [6, 6.07) is 10.5. The lowest BCUT2D eigenvalue weighted by Crippen LogP contribution is -2.16. The Morgan fingerprint density at radius 2 is 2.11 bits per heavy atom. The van der Waals surface area contributed by atoms with Crippen LogP contribution in [0.1, 0.15) is 18.3 Å². The Labute approximate surface area is 116 Å². The zero-order valence-corrected chi connectivity index (χ0v) is 12.1. The topological polar surface area (TPSA) is 37.8 Å². The van der Waals surface area contributed by atoms with Crippen molar-refractivity contribution in [3.05, 3.63) is 41.7 Å². The minimum Gasteiger partial charge on any atom is -0.312 e. The van der Waals surface area contributed by atoms with Crippen molar-refractivity contribution in [3.8, 4) is 0 Å². The largest absolute Gasteiger partial charge is 0.312 e. The van der Waals surface area contributed by atoms with Gasteiger partial charge in [0.05, 0.1) is 0 Å². The van der Waals surface area contributed by atoms with Crippen molar-refractivity contribution >= 4 is 23.3 Å². The van der Waals surface area contributed by atoms with Crippen LogP contribution in [0.2, 0.25) is 0 Å². The second kappa shape index (κ2) is 7.51. The first-order chi connectivity index (χ1) is 8.88. The molecule has 0 unspecified atom stereocenters. The summed E-state index contributed by atoms with van der Waals surface area (Å²) in [5.41, 5.74) is 1.33. The molecule has 1 N–H and O–H groups in total. The van der Waals surface area contributed by atoms with Crippen LogP contribution in [0, 0.1) is 0 Å². The SMILES string of the molecule is CCc1nsc(SCCNCc2ccccc2)n1. The van der Waals surface area contributed by atoms with Gasteiger partial charge in [-0.15, -0.1) is 0 Å². The number of hydrogen-bond acceptors (Lipinski definition) is 5. The quantitative estimate of drug-likeness (QED) is 0.624.